The Bertz CT molecular complexity index is 5220. The van der Waals surface area contributed by atoms with E-state index in [1.54, 1.807) is 93.7 Å². The SMILES string of the molecule is COC(=O)[C@H](C[C@@H]1CCCCC1=O)NC(=O)C1CC2(CCCCC2)CN1.COC(=O)[C@H](C[C@@H]1CCCCC1=O)NC(=O)C1CC2(CCCCC2)CN1C(=O)OC(C)(C)C.COC(=O)[C@H](C[C@@H]1CCCCC1=O)NC(=O)C1CC2(CCCCC2)CN1C(=O)OC(C)(C)C.COC(=O)[C@H](C[C@@H]1CCCCC1=O)NC(=O)C1CC2(CCCCC2)CN1C(=O)c1cc2c(OC)ccc(Cl)c2[nH]1.COc1ccc(Cl)c2[nH]c(C(=O)O)cc12.Cl. The number of aromatic nitrogens is 2. The number of ketones is 4. The lowest BCUT2D eigenvalue weighted by atomic mass is 9.72. The Hall–Kier alpha value is -10.1. The van der Waals surface area contributed by atoms with Crippen molar-refractivity contribution >= 4 is 152 Å². The number of carboxylic acid groups (broad SMARTS) is 1. The van der Waals surface area contributed by atoms with E-state index in [0.717, 1.165) is 167 Å². The zero-order chi connectivity index (χ0) is 106. The van der Waals surface area contributed by atoms with Crippen LogP contribution >= 0.6 is 35.6 Å². The van der Waals surface area contributed by atoms with E-state index in [4.69, 9.17) is 66.2 Å². The summed E-state index contributed by atoms with van der Waals surface area (Å²) in [5.74, 6) is -3.87. The van der Waals surface area contributed by atoms with E-state index >= 15 is 0 Å². The number of amides is 7. The molecule has 7 amide bonds. The van der Waals surface area contributed by atoms with Gasteiger partial charge in [-0.3, -0.25) is 53.0 Å². The molecule has 12 fully saturated rings. The van der Waals surface area contributed by atoms with Crippen molar-refractivity contribution in [2.75, 3.05) is 68.8 Å². The number of esters is 4. The Morgan fingerprint density at radius 1 is 0.392 bits per heavy atom. The largest absolute Gasteiger partial charge is 0.496 e. The first-order valence-corrected chi connectivity index (χ1v) is 54.3. The number of nitrogens with zero attached hydrogens (tertiary/aromatic N) is 3. The second kappa shape index (κ2) is 53.2. The lowest BCUT2D eigenvalue weighted by Gasteiger charge is -2.33. The number of fused-ring (bicyclic) bond motifs is 2. The smallest absolute Gasteiger partial charge is 0.410 e. The Labute approximate surface area is 885 Å². The number of ether oxygens (including phenoxy) is 8. The summed E-state index contributed by atoms with van der Waals surface area (Å²) in [5.41, 5.74) is 0.188. The highest BCUT2D eigenvalue weighted by Gasteiger charge is 2.55. The van der Waals surface area contributed by atoms with Crippen LogP contribution < -0.4 is 36.1 Å². The van der Waals surface area contributed by atoms with Crippen LogP contribution in [0, 0.1) is 45.3 Å². The standard InChI is InChI=1S/C30H38ClN3O6.2C25H40N2O6.C20H32N2O4.C10H8ClNO3.ClH/c1-39-25-11-10-20(31)26-19(25)15-21(32-26)28(37)34-17-30(12-6-3-7-13-30)16-23(34)27(36)33-22(29(38)40-2)14-18-8-4-5-9-24(18)35;2*1-24(2,3)33-23(31)27-16-25(12-8-5-9-13-25)15-19(27)21(29)26-18(22(30)32-4)14-17-10-6-7-11-20(17)28;1-26-19(25)15(11-14-7-3-4-8-17(14)23)22-18(24)16-12-20(13-21-16)9-5-2-6-10-20;1-15-8-3-2-6(11)9-5(8)4-7(12-9)10(13)14;/h10-11,15,18,22-23,32H,3-9,12-14,16-17H2,1-2H3,(H,33,36);2*17-19H,5-16H2,1-4H3,(H,26,29);14-16,21H,2-13H2,1H3,(H,22,24);2-4,12H,1H3,(H,13,14);1H/t18-,22-,23?;2*17-,18-,19?;14-,15-,16?;;/m0000../s1. The maximum absolute atomic E-state index is 14.0. The molecule has 148 heavy (non-hydrogen) atoms. The molecule has 35 nitrogen and oxygen atoms in total. The molecule has 2 aromatic heterocycles. The molecular weight excluding hydrogens is 1970 g/mol. The van der Waals surface area contributed by atoms with Crippen molar-refractivity contribution in [3.63, 3.8) is 0 Å². The van der Waals surface area contributed by atoms with Gasteiger partial charge in [0, 0.05) is 86.3 Å². The fraction of sp³-hybridized carbons (Fsp3) is 0.709. The number of hydrogen-bond acceptors (Lipinski definition) is 25. The molecule has 16 rings (SSSR count). The van der Waals surface area contributed by atoms with Gasteiger partial charge < -0.3 is 84.5 Å². The van der Waals surface area contributed by atoms with Gasteiger partial charge in [0.05, 0.1) is 69.8 Å². The van der Waals surface area contributed by atoms with Crippen LogP contribution in [0.2, 0.25) is 10.0 Å². The maximum atomic E-state index is 14.0. The van der Waals surface area contributed by atoms with E-state index in [0.29, 0.717) is 126 Å². The predicted molar refractivity (Wildman–Crippen MR) is 557 cm³/mol. The Kier molecular flexibility index (Phi) is 42.5. The van der Waals surface area contributed by atoms with Gasteiger partial charge in [0.25, 0.3) is 5.91 Å². The number of carbonyl (C=O) groups is 16. The van der Waals surface area contributed by atoms with Crippen LogP contribution in [0.3, 0.4) is 0 Å². The molecule has 12 atom stereocenters. The van der Waals surface area contributed by atoms with Crippen molar-refractivity contribution in [1.82, 2.24) is 51.3 Å². The number of aromatic carboxylic acids is 1. The number of methoxy groups -OCH3 is 6. The van der Waals surface area contributed by atoms with Gasteiger partial charge in [0.1, 0.15) is 99.5 Å². The van der Waals surface area contributed by atoms with Crippen molar-refractivity contribution in [2.45, 2.75) is 384 Å². The second-order valence-electron chi connectivity index (χ2n) is 45.4. The summed E-state index contributed by atoms with van der Waals surface area (Å²) in [6, 6.07) is 4.15. The zero-order valence-electron chi connectivity index (χ0n) is 88.6. The van der Waals surface area contributed by atoms with Gasteiger partial charge in [-0.05, 0) is 254 Å². The summed E-state index contributed by atoms with van der Waals surface area (Å²) in [4.78, 5) is 214. The fourth-order valence-corrected chi connectivity index (χ4v) is 25.2. The molecule has 820 valence electrons. The Morgan fingerprint density at radius 2 is 0.682 bits per heavy atom. The molecule has 8 saturated carbocycles. The molecule has 8 aliphatic carbocycles. The minimum Gasteiger partial charge on any atom is -0.496 e. The number of Topliss-reactive ketones (excluding diaryl/α,β-unsaturated/α-hetero) is 4. The molecule has 12 aliphatic rings. The van der Waals surface area contributed by atoms with Crippen molar-refractivity contribution in [1.29, 1.82) is 0 Å². The molecule has 4 aromatic rings. The van der Waals surface area contributed by atoms with Gasteiger partial charge in [0.2, 0.25) is 23.6 Å². The van der Waals surface area contributed by atoms with Crippen LogP contribution in [0.15, 0.2) is 36.4 Å². The van der Waals surface area contributed by atoms with Crippen LogP contribution in [0.5, 0.6) is 11.5 Å². The highest BCUT2D eigenvalue weighted by molar-refractivity contribution is 6.36. The predicted octanol–water partition coefficient (Wildman–Crippen LogP) is 17.4. The number of carbonyl (C=O) groups excluding carboxylic acids is 15. The number of nitrogens with one attached hydrogen (secondary N) is 7. The first-order valence-electron chi connectivity index (χ1n) is 53.6. The quantitative estimate of drug-likeness (QED) is 0.0238. The van der Waals surface area contributed by atoms with Crippen LogP contribution in [-0.2, 0) is 86.0 Å². The highest BCUT2D eigenvalue weighted by atomic mass is 35.5. The first-order chi connectivity index (χ1) is 70.0. The van der Waals surface area contributed by atoms with Gasteiger partial charge in [-0.2, -0.15) is 0 Å². The van der Waals surface area contributed by atoms with Crippen molar-refractivity contribution in [2.24, 2.45) is 45.3 Å². The average molecular weight is 2130 g/mol. The first kappa shape index (κ1) is 118. The summed E-state index contributed by atoms with van der Waals surface area (Å²) in [5, 5.41) is 25.9. The summed E-state index contributed by atoms with van der Waals surface area (Å²) in [6.45, 7) is 13.2. The number of aromatic amines is 2. The van der Waals surface area contributed by atoms with E-state index in [-0.39, 0.29) is 141 Å². The minimum absolute atomic E-state index is 0. The van der Waals surface area contributed by atoms with Crippen molar-refractivity contribution in [3.8, 4) is 11.5 Å². The summed E-state index contributed by atoms with van der Waals surface area (Å²) in [6.07, 6.45) is 36.9. The monoisotopic (exact) mass is 2130 g/mol. The van der Waals surface area contributed by atoms with Crippen LogP contribution in [0.4, 0.5) is 9.59 Å². The highest BCUT2D eigenvalue weighted by Crippen LogP contribution is 2.52. The third-order valence-electron chi connectivity index (χ3n) is 32.6. The summed E-state index contributed by atoms with van der Waals surface area (Å²) in [7, 11) is 8.25. The van der Waals surface area contributed by atoms with Gasteiger partial charge in [-0.1, -0.05) is 126 Å². The normalized spacial score (nSPS) is 24.1. The zero-order valence-corrected chi connectivity index (χ0v) is 90.9. The molecule has 2 aromatic carbocycles. The summed E-state index contributed by atoms with van der Waals surface area (Å²) < 4.78 is 41.5. The van der Waals surface area contributed by atoms with E-state index < -0.39 is 95.5 Å². The van der Waals surface area contributed by atoms with E-state index in [1.165, 1.54) is 86.6 Å². The summed E-state index contributed by atoms with van der Waals surface area (Å²) >= 11 is 12.3. The molecule has 4 unspecified atom stereocenters. The molecule has 4 spiro atoms. The number of likely N-dealkylation sites (tertiary alicyclic amines) is 3. The van der Waals surface area contributed by atoms with Crippen LogP contribution in [0.1, 0.15) is 345 Å². The van der Waals surface area contributed by atoms with Gasteiger partial charge >= 0.3 is 42.0 Å². The van der Waals surface area contributed by atoms with E-state index in [9.17, 15) is 76.7 Å². The molecule has 0 bridgehead atoms. The number of rotatable bonds is 24. The van der Waals surface area contributed by atoms with Crippen LogP contribution in [-0.4, -0.2) is 253 Å². The maximum Gasteiger partial charge on any atom is 0.410 e. The lowest BCUT2D eigenvalue weighted by Crippen LogP contribution is -2.52. The molecular formula is C110H159Cl3N10O25. The average Bonchev–Trinajstić information content (AvgIpc) is 1.60. The number of hydrogen-bond donors (Lipinski definition) is 8. The third-order valence-corrected chi connectivity index (χ3v) is 33.2. The van der Waals surface area contributed by atoms with Crippen molar-refractivity contribution in [3.05, 3.63) is 57.8 Å². The molecule has 6 heterocycles. The topological polar surface area (TPSA) is 469 Å². The number of benzene rings is 2. The van der Waals surface area contributed by atoms with Crippen molar-refractivity contribution < 1.29 is 120 Å². The molecule has 4 saturated heterocycles. The molecule has 38 heteroatoms. The number of carboxylic acids is 1. The van der Waals surface area contributed by atoms with Crippen LogP contribution in [0.25, 0.3) is 21.8 Å². The Morgan fingerprint density at radius 3 is 0.980 bits per heavy atom. The molecule has 4 aliphatic heterocycles. The molecule has 0 radical (unpaired) electrons. The van der Waals surface area contributed by atoms with Gasteiger partial charge in [-0.25, -0.2) is 33.6 Å². The van der Waals surface area contributed by atoms with E-state index in [1.807, 2.05) is 0 Å². The minimum atomic E-state index is -1.02. The Balaban J connectivity index is 0.000000180. The second-order valence-corrected chi connectivity index (χ2v) is 46.2. The van der Waals surface area contributed by atoms with E-state index in [2.05, 4.69) is 36.6 Å². The third kappa shape index (κ3) is 30.9. The van der Waals surface area contributed by atoms with Gasteiger partial charge in [0.15, 0.2) is 0 Å². The fourth-order valence-electron chi connectivity index (χ4n) is 24.8. The number of halogens is 3. The van der Waals surface area contributed by atoms with Gasteiger partial charge in [-0.15, -0.1) is 12.4 Å². The molecule has 8 N–H and O–H groups in total. The number of H-pyrrole nitrogens is 2. The lowest BCUT2D eigenvalue weighted by molar-refractivity contribution is -0.147.